The molecule has 0 unspecified atom stereocenters. The van der Waals surface area contributed by atoms with Crippen molar-refractivity contribution in [2.45, 2.75) is 37.6 Å². The molecule has 1 aromatic carbocycles. The van der Waals surface area contributed by atoms with Gasteiger partial charge < -0.3 is 10.1 Å². The third-order valence-electron chi connectivity index (χ3n) is 5.41. The molecule has 1 fully saturated rings. The van der Waals surface area contributed by atoms with E-state index in [1.807, 2.05) is 25.1 Å². The standard InChI is InChI=1S/C22H25N5O3S/c1-15-13-20(16(2)12-19(15)30-3)31(28,29)27-11-5-7-18(27)17-6-4-8-21(25-17)26-22-14-23-9-10-24-22/h4,6,8-10,12-14,18H,5,7,11H2,1-3H3,(H,24,25,26)/t18-/m0/s1. The highest BCUT2D eigenvalue weighted by atomic mass is 32.2. The SMILES string of the molecule is COc1cc(C)c(S(=O)(=O)N2CCC[C@H]2c2cccc(Nc3cnccn3)n2)cc1C. The van der Waals surface area contributed by atoms with Gasteiger partial charge in [0.2, 0.25) is 10.0 Å². The molecule has 3 aromatic rings. The zero-order valence-corrected chi connectivity index (χ0v) is 18.6. The molecule has 31 heavy (non-hydrogen) atoms. The number of anilines is 2. The van der Waals surface area contributed by atoms with Gasteiger partial charge in [0.15, 0.2) is 0 Å². The second-order valence-electron chi connectivity index (χ2n) is 7.52. The van der Waals surface area contributed by atoms with Gasteiger partial charge >= 0.3 is 0 Å². The molecule has 0 amide bonds. The summed E-state index contributed by atoms with van der Waals surface area (Å²) in [6, 6.07) is 8.70. The minimum atomic E-state index is -3.69. The van der Waals surface area contributed by atoms with Crippen molar-refractivity contribution in [3.63, 3.8) is 0 Å². The maximum absolute atomic E-state index is 13.6. The lowest BCUT2D eigenvalue weighted by Crippen LogP contribution is -2.31. The summed E-state index contributed by atoms with van der Waals surface area (Å²) in [4.78, 5) is 13.2. The van der Waals surface area contributed by atoms with Gasteiger partial charge in [0.25, 0.3) is 0 Å². The van der Waals surface area contributed by atoms with Gasteiger partial charge in [0, 0.05) is 18.9 Å². The molecule has 1 atom stereocenters. The van der Waals surface area contributed by atoms with E-state index in [0.29, 0.717) is 40.1 Å². The molecule has 1 saturated heterocycles. The highest BCUT2D eigenvalue weighted by Gasteiger charge is 2.38. The number of hydrogen-bond donors (Lipinski definition) is 1. The average molecular weight is 440 g/mol. The van der Waals surface area contributed by atoms with E-state index in [9.17, 15) is 8.42 Å². The second kappa shape index (κ2) is 8.60. The fraction of sp³-hybridized carbons (Fsp3) is 0.318. The van der Waals surface area contributed by atoms with Crippen LogP contribution in [0.5, 0.6) is 5.75 Å². The first kappa shape index (κ1) is 21.2. The van der Waals surface area contributed by atoms with Gasteiger partial charge in [-0.3, -0.25) is 4.98 Å². The Morgan fingerprint density at radius 2 is 1.97 bits per heavy atom. The number of methoxy groups -OCH3 is 1. The van der Waals surface area contributed by atoms with Crippen molar-refractivity contribution in [2.75, 3.05) is 19.0 Å². The van der Waals surface area contributed by atoms with E-state index in [0.717, 1.165) is 18.4 Å². The topological polar surface area (TPSA) is 97.3 Å². The molecule has 0 aliphatic carbocycles. The second-order valence-corrected chi connectivity index (χ2v) is 9.38. The molecule has 0 spiro atoms. The number of ether oxygens (including phenoxy) is 1. The monoisotopic (exact) mass is 439 g/mol. The first-order chi connectivity index (χ1) is 14.9. The fourth-order valence-electron chi connectivity index (χ4n) is 3.91. The number of benzene rings is 1. The molecule has 0 saturated carbocycles. The number of pyridine rings is 1. The number of aryl methyl sites for hydroxylation is 2. The van der Waals surface area contributed by atoms with Crippen LogP contribution < -0.4 is 10.1 Å². The molecule has 8 nitrogen and oxygen atoms in total. The van der Waals surface area contributed by atoms with Crippen molar-refractivity contribution in [3.05, 3.63) is 65.7 Å². The van der Waals surface area contributed by atoms with E-state index in [1.165, 1.54) is 0 Å². The lowest BCUT2D eigenvalue weighted by molar-refractivity contribution is 0.389. The molecule has 4 rings (SSSR count). The van der Waals surface area contributed by atoms with Gasteiger partial charge in [-0.2, -0.15) is 4.31 Å². The van der Waals surface area contributed by atoms with Crippen molar-refractivity contribution >= 4 is 21.7 Å². The van der Waals surface area contributed by atoms with Crippen LogP contribution in [0.25, 0.3) is 0 Å². The number of rotatable bonds is 6. The van der Waals surface area contributed by atoms with Crippen molar-refractivity contribution in [2.24, 2.45) is 0 Å². The van der Waals surface area contributed by atoms with Crippen molar-refractivity contribution < 1.29 is 13.2 Å². The molecule has 2 aromatic heterocycles. The first-order valence-corrected chi connectivity index (χ1v) is 11.5. The van der Waals surface area contributed by atoms with Crippen LogP contribution >= 0.6 is 0 Å². The Morgan fingerprint density at radius 1 is 1.13 bits per heavy atom. The predicted molar refractivity (Wildman–Crippen MR) is 118 cm³/mol. The van der Waals surface area contributed by atoms with E-state index in [4.69, 9.17) is 4.74 Å². The fourth-order valence-corrected chi connectivity index (χ4v) is 5.87. The molecule has 3 heterocycles. The van der Waals surface area contributed by atoms with E-state index >= 15 is 0 Å². The van der Waals surface area contributed by atoms with Crippen molar-refractivity contribution in [1.29, 1.82) is 0 Å². The van der Waals surface area contributed by atoms with Crippen molar-refractivity contribution in [3.8, 4) is 5.75 Å². The lowest BCUT2D eigenvalue weighted by Gasteiger charge is -2.25. The Hall–Kier alpha value is -3.04. The first-order valence-electron chi connectivity index (χ1n) is 10.1. The Balaban J connectivity index is 1.65. The molecule has 0 radical (unpaired) electrons. The Kier molecular flexibility index (Phi) is 5.88. The highest BCUT2D eigenvalue weighted by molar-refractivity contribution is 7.89. The Morgan fingerprint density at radius 3 is 2.71 bits per heavy atom. The quantitative estimate of drug-likeness (QED) is 0.624. The molecule has 0 bridgehead atoms. The minimum Gasteiger partial charge on any atom is -0.496 e. The van der Waals surface area contributed by atoms with Gasteiger partial charge in [-0.05, 0) is 62.1 Å². The summed E-state index contributed by atoms with van der Waals surface area (Å²) in [6.07, 6.45) is 6.29. The summed E-state index contributed by atoms with van der Waals surface area (Å²) in [5.74, 6) is 1.85. The summed E-state index contributed by atoms with van der Waals surface area (Å²) in [5, 5.41) is 3.12. The number of aromatic nitrogens is 3. The van der Waals surface area contributed by atoms with Gasteiger partial charge in [-0.1, -0.05) is 6.07 Å². The molecule has 1 aliphatic heterocycles. The number of nitrogens with zero attached hydrogens (tertiary/aromatic N) is 4. The molecule has 1 aliphatic rings. The van der Waals surface area contributed by atoms with Gasteiger partial charge in [-0.15, -0.1) is 0 Å². The minimum absolute atomic E-state index is 0.312. The summed E-state index contributed by atoms with van der Waals surface area (Å²) < 4.78 is 34.1. The highest BCUT2D eigenvalue weighted by Crippen LogP contribution is 2.38. The molecular formula is C22H25N5O3S. The summed E-state index contributed by atoms with van der Waals surface area (Å²) in [5.41, 5.74) is 2.16. The van der Waals surface area contributed by atoms with Crippen LogP contribution in [-0.4, -0.2) is 41.3 Å². The van der Waals surface area contributed by atoms with Gasteiger partial charge in [0.1, 0.15) is 17.4 Å². The van der Waals surface area contributed by atoms with E-state index in [-0.39, 0.29) is 6.04 Å². The molecule has 1 N–H and O–H groups in total. The normalized spacial score (nSPS) is 16.9. The maximum atomic E-state index is 13.6. The Bertz CT molecular complexity index is 1190. The number of sulfonamides is 1. The van der Waals surface area contributed by atoms with Gasteiger partial charge in [-0.25, -0.2) is 18.4 Å². The van der Waals surface area contributed by atoms with Crippen LogP contribution in [0.15, 0.2) is 53.8 Å². The van der Waals surface area contributed by atoms with Crippen LogP contribution in [0.4, 0.5) is 11.6 Å². The number of nitrogens with one attached hydrogen (secondary N) is 1. The van der Waals surface area contributed by atoms with E-state index in [2.05, 4.69) is 20.3 Å². The maximum Gasteiger partial charge on any atom is 0.243 e. The van der Waals surface area contributed by atoms with E-state index < -0.39 is 10.0 Å². The number of hydrogen-bond acceptors (Lipinski definition) is 7. The zero-order valence-electron chi connectivity index (χ0n) is 17.7. The molecule has 162 valence electrons. The Labute approximate surface area is 182 Å². The average Bonchev–Trinajstić information content (AvgIpc) is 3.27. The summed E-state index contributed by atoms with van der Waals surface area (Å²) >= 11 is 0. The third-order valence-corrected chi connectivity index (χ3v) is 7.46. The van der Waals surface area contributed by atoms with Gasteiger partial charge in [0.05, 0.1) is 29.9 Å². The molecular weight excluding hydrogens is 414 g/mol. The van der Waals surface area contributed by atoms with Crippen LogP contribution in [0.2, 0.25) is 0 Å². The summed E-state index contributed by atoms with van der Waals surface area (Å²) in [6.45, 7) is 4.10. The van der Waals surface area contributed by atoms with E-state index in [1.54, 1.807) is 49.1 Å². The van der Waals surface area contributed by atoms with Crippen molar-refractivity contribution in [1.82, 2.24) is 19.3 Å². The largest absolute Gasteiger partial charge is 0.496 e. The third kappa shape index (κ3) is 4.24. The van der Waals surface area contributed by atoms with Crippen LogP contribution in [0, 0.1) is 13.8 Å². The smallest absolute Gasteiger partial charge is 0.243 e. The van der Waals surface area contributed by atoms with Crippen LogP contribution in [-0.2, 0) is 10.0 Å². The van der Waals surface area contributed by atoms with Crippen LogP contribution in [0.1, 0.15) is 35.7 Å². The van der Waals surface area contributed by atoms with Crippen LogP contribution in [0.3, 0.4) is 0 Å². The zero-order chi connectivity index (χ0) is 22.0. The lowest BCUT2D eigenvalue weighted by atomic mass is 10.1. The predicted octanol–water partition coefficient (Wildman–Crippen LogP) is 3.77. The molecule has 9 heteroatoms. The summed E-state index contributed by atoms with van der Waals surface area (Å²) in [7, 11) is -2.11.